The Morgan fingerprint density at radius 3 is 2.54 bits per heavy atom. The molecule has 1 N–H and O–H groups in total. The van der Waals surface area contributed by atoms with Gasteiger partial charge in [0, 0.05) is 55.4 Å². The summed E-state index contributed by atoms with van der Waals surface area (Å²) in [5.41, 5.74) is 1.75. The van der Waals surface area contributed by atoms with Crippen LogP contribution in [0, 0.1) is 5.92 Å². The SMILES string of the molecule is C=CCN1C(=O)NC(c2ccc(Cl)cc2)C(C(=O)OCC)=C1CN1CCN(C(=O)C2CC2)C(C)C1. The van der Waals surface area contributed by atoms with Gasteiger partial charge in [0.2, 0.25) is 5.91 Å². The van der Waals surface area contributed by atoms with E-state index in [4.69, 9.17) is 16.3 Å². The molecule has 3 aliphatic rings. The average molecular weight is 501 g/mol. The van der Waals surface area contributed by atoms with Crippen molar-refractivity contribution in [3.05, 3.63) is 58.8 Å². The van der Waals surface area contributed by atoms with E-state index in [0.717, 1.165) is 18.4 Å². The topological polar surface area (TPSA) is 82.2 Å². The summed E-state index contributed by atoms with van der Waals surface area (Å²) in [5.74, 6) is -0.0313. The fourth-order valence-corrected chi connectivity index (χ4v) is 4.96. The van der Waals surface area contributed by atoms with Crippen LogP contribution in [0.3, 0.4) is 0 Å². The van der Waals surface area contributed by atoms with E-state index in [1.165, 1.54) is 0 Å². The monoisotopic (exact) mass is 500 g/mol. The van der Waals surface area contributed by atoms with Gasteiger partial charge in [-0.25, -0.2) is 9.59 Å². The van der Waals surface area contributed by atoms with E-state index < -0.39 is 12.0 Å². The van der Waals surface area contributed by atoms with Gasteiger partial charge in [0.05, 0.1) is 18.2 Å². The number of amides is 3. The van der Waals surface area contributed by atoms with Gasteiger partial charge in [0.15, 0.2) is 0 Å². The predicted molar refractivity (Wildman–Crippen MR) is 134 cm³/mol. The first-order valence-corrected chi connectivity index (χ1v) is 12.6. The summed E-state index contributed by atoms with van der Waals surface area (Å²) in [6, 6.07) is 6.17. The van der Waals surface area contributed by atoms with Crippen molar-refractivity contribution in [1.82, 2.24) is 20.0 Å². The molecular formula is C26H33ClN4O4. The maximum atomic E-state index is 13.3. The van der Waals surface area contributed by atoms with Crippen molar-refractivity contribution in [1.29, 1.82) is 0 Å². The predicted octanol–water partition coefficient (Wildman–Crippen LogP) is 3.35. The number of rotatable bonds is 8. The first-order valence-electron chi connectivity index (χ1n) is 12.2. The number of carbonyl (C=O) groups excluding carboxylic acids is 3. The Hall–Kier alpha value is -2.84. The molecule has 9 heteroatoms. The summed E-state index contributed by atoms with van der Waals surface area (Å²) in [4.78, 5) is 44.8. The lowest BCUT2D eigenvalue weighted by Gasteiger charge is -2.43. The zero-order valence-electron chi connectivity index (χ0n) is 20.3. The molecule has 3 amide bonds. The molecule has 2 heterocycles. The smallest absolute Gasteiger partial charge is 0.338 e. The highest BCUT2D eigenvalue weighted by molar-refractivity contribution is 6.30. The molecule has 0 spiro atoms. The minimum absolute atomic E-state index is 0.0563. The lowest BCUT2D eigenvalue weighted by Crippen LogP contribution is -2.56. The molecule has 1 aromatic rings. The highest BCUT2D eigenvalue weighted by atomic mass is 35.5. The molecule has 2 unspecified atom stereocenters. The number of carbonyl (C=O) groups is 3. The second-order valence-electron chi connectivity index (χ2n) is 9.30. The molecular weight excluding hydrogens is 468 g/mol. The Balaban J connectivity index is 1.67. The van der Waals surface area contributed by atoms with Crippen molar-refractivity contribution >= 4 is 29.5 Å². The average Bonchev–Trinajstić information content (AvgIpc) is 3.67. The molecule has 2 atom stereocenters. The second kappa shape index (κ2) is 10.8. The third-order valence-electron chi connectivity index (χ3n) is 6.74. The maximum Gasteiger partial charge on any atom is 0.338 e. The van der Waals surface area contributed by atoms with Gasteiger partial charge in [-0.3, -0.25) is 14.6 Å². The van der Waals surface area contributed by atoms with Gasteiger partial charge in [-0.05, 0) is 44.4 Å². The molecule has 0 bridgehead atoms. The Kier molecular flexibility index (Phi) is 7.82. The molecule has 0 radical (unpaired) electrons. The molecule has 2 fully saturated rings. The van der Waals surface area contributed by atoms with Crippen LogP contribution in [0.1, 0.15) is 38.3 Å². The Bertz CT molecular complexity index is 1020. The number of halogens is 1. The zero-order chi connectivity index (χ0) is 25.1. The van der Waals surface area contributed by atoms with Crippen LogP contribution in [0.4, 0.5) is 4.79 Å². The van der Waals surface area contributed by atoms with E-state index >= 15 is 0 Å². The van der Waals surface area contributed by atoms with E-state index in [0.29, 0.717) is 42.5 Å². The van der Waals surface area contributed by atoms with Gasteiger partial charge in [-0.1, -0.05) is 29.8 Å². The third kappa shape index (κ3) is 5.54. The van der Waals surface area contributed by atoms with E-state index in [-0.39, 0.29) is 37.0 Å². The molecule has 188 valence electrons. The number of esters is 1. The summed E-state index contributed by atoms with van der Waals surface area (Å²) < 4.78 is 5.44. The van der Waals surface area contributed by atoms with Crippen LogP contribution < -0.4 is 5.32 Å². The van der Waals surface area contributed by atoms with Crippen LogP contribution in [0.15, 0.2) is 48.2 Å². The van der Waals surface area contributed by atoms with E-state index in [1.54, 1.807) is 42.2 Å². The van der Waals surface area contributed by atoms with Crippen LogP contribution in [0.5, 0.6) is 0 Å². The van der Waals surface area contributed by atoms with Crippen molar-refractivity contribution in [2.24, 2.45) is 5.92 Å². The first-order chi connectivity index (χ1) is 16.8. The fourth-order valence-electron chi connectivity index (χ4n) is 4.83. The molecule has 0 aromatic heterocycles. The minimum Gasteiger partial charge on any atom is -0.463 e. The van der Waals surface area contributed by atoms with E-state index in [9.17, 15) is 14.4 Å². The number of nitrogens with zero attached hydrogens (tertiary/aromatic N) is 3. The zero-order valence-corrected chi connectivity index (χ0v) is 21.1. The van der Waals surface area contributed by atoms with Crippen molar-refractivity contribution in [2.75, 3.05) is 39.3 Å². The standard InChI is InChI=1S/C26H33ClN4O4/c1-4-12-31-21(16-29-13-14-30(17(3)15-29)24(32)19-6-7-19)22(25(33)35-5-2)23(28-26(31)34)18-8-10-20(27)11-9-18/h4,8-11,17,19,23H,1,5-7,12-16H2,2-3H3,(H,28,34). The van der Waals surface area contributed by atoms with E-state index in [2.05, 4.69) is 23.7 Å². The van der Waals surface area contributed by atoms with Crippen molar-refractivity contribution < 1.29 is 19.1 Å². The number of urea groups is 1. The first kappa shape index (κ1) is 25.3. The molecule has 35 heavy (non-hydrogen) atoms. The van der Waals surface area contributed by atoms with Crippen molar-refractivity contribution in [2.45, 2.75) is 38.8 Å². The van der Waals surface area contributed by atoms with Crippen LogP contribution in [-0.2, 0) is 14.3 Å². The van der Waals surface area contributed by atoms with Gasteiger partial charge in [0.25, 0.3) is 0 Å². The number of benzene rings is 1. The van der Waals surface area contributed by atoms with Gasteiger partial charge >= 0.3 is 12.0 Å². The van der Waals surface area contributed by atoms with Crippen LogP contribution >= 0.6 is 11.6 Å². The number of hydrogen-bond acceptors (Lipinski definition) is 5. The highest BCUT2D eigenvalue weighted by Crippen LogP contribution is 2.34. The normalized spacial score (nSPS) is 23.2. The highest BCUT2D eigenvalue weighted by Gasteiger charge is 2.40. The summed E-state index contributed by atoms with van der Waals surface area (Å²) in [7, 11) is 0. The second-order valence-corrected chi connectivity index (χ2v) is 9.74. The van der Waals surface area contributed by atoms with Crippen LogP contribution in [0.25, 0.3) is 0 Å². The van der Waals surface area contributed by atoms with Gasteiger partial charge in [-0.2, -0.15) is 0 Å². The summed E-state index contributed by atoms with van der Waals surface area (Å²) in [6.07, 6.45) is 3.61. The molecule has 4 rings (SSSR count). The number of piperazine rings is 1. The lowest BCUT2D eigenvalue weighted by molar-refractivity contribution is -0.139. The minimum atomic E-state index is -0.662. The number of nitrogens with one attached hydrogen (secondary N) is 1. The van der Waals surface area contributed by atoms with Crippen molar-refractivity contribution in [3.8, 4) is 0 Å². The third-order valence-corrected chi connectivity index (χ3v) is 7.00. The quantitative estimate of drug-likeness (QED) is 0.437. The molecule has 8 nitrogen and oxygen atoms in total. The summed E-state index contributed by atoms with van der Waals surface area (Å²) in [5, 5.41) is 3.53. The number of hydrogen-bond donors (Lipinski definition) is 1. The Morgan fingerprint density at radius 1 is 1.23 bits per heavy atom. The van der Waals surface area contributed by atoms with Crippen molar-refractivity contribution in [3.63, 3.8) is 0 Å². The van der Waals surface area contributed by atoms with Gasteiger partial charge < -0.3 is 15.0 Å². The van der Waals surface area contributed by atoms with Gasteiger partial charge in [-0.15, -0.1) is 6.58 Å². The maximum absolute atomic E-state index is 13.3. The molecule has 1 aromatic carbocycles. The van der Waals surface area contributed by atoms with Gasteiger partial charge in [0.1, 0.15) is 0 Å². The van der Waals surface area contributed by atoms with Crippen LogP contribution in [0.2, 0.25) is 5.02 Å². The Labute approximate surface area is 211 Å². The molecule has 1 saturated heterocycles. The largest absolute Gasteiger partial charge is 0.463 e. The summed E-state index contributed by atoms with van der Waals surface area (Å²) >= 11 is 6.08. The molecule has 1 aliphatic carbocycles. The Morgan fingerprint density at radius 2 is 1.94 bits per heavy atom. The molecule has 1 saturated carbocycles. The fraction of sp³-hybridized carbons (Fsp3) is 0.500. The van der Waals surface area contributed by atoms with E-state index in [1.807, 2.05) is 4.90 Å². The summed E-state index contributed by atoms with van der Waals surface area (Å²) in [6.45, 7) is 10.4. The molecule has 2 aliphatic heterocycles. The number of ether oxygens (including phenoxy) is 1. The lowest BCUT2D eigenvalue weighted by atomic mass is 9.94. The van der Waals surface area contributed by atoms with Crippen LogP contribution in [-0.4, -0.2) is 78.0 Å².